The fourth-order valence-corrected chi connectivity index (χ4v) is 1.82. The molecule has 0 spiro atoms. The Morgan fingerprint density at radius 1 is 1.21 bits per heavy atom. The molecule has 0 saturated carbocycles. The average molecular weight is 271 g/mol. The number of rotatable bonds is 9. The quantitative estimate of drug-likeness (QED) is 0.693. The number of halogens is 2. The lowest BCUT2D eigenvalue weighted by Gasteiger charge is -2.13. The highest BCUT2D eigenvalue weighted by Crippen LogP contribution is 2.15. The van der Waals surface area contributed by atoms with E-state index >= 15 is 0 Å². The van der Waals surface area contributed by atoms with Crippen molar-refractivity contribution in [2.45, 2.75) is 39.2 Å². The van der Waals surface area contributed by atoms with Gasteiger partial charge in [0.05, 0.1) is 6.61 Å². The molecule has 1 unspecified atom stereocenters. The van der Waals surface area contributed by atoms with Crippen LogP contribution in [0.1, 0.15) is 37.3 Å². The van der Waals surface area contributed by atoms with Gasteiger partial charge in [-0.15, -0.1) is 0 Å². The van der Waals surface area contributed by atoms with Crippen LogP contribution in [-0.4, -0.2) is 26.1 Å². The predicted molar refractivity (Wildman–Crippen MR) is 73.7 cm³/mol. The second-order valence-electron chi connectivity index (χ2n) is 4.75. The van der Waals surface area contributed by atoms with Gasteiger partial charge in [-0.05, 0) is 30.0 Å². The molecule has 0 aromatic heterocycles. The summed E-state index contributed by atoms with van der Waals surface area (Å²) in [6, 6.07) is 7.97. The van der Waals surface area contributed by atoms with Crippen LogP contribution < -0.4 is 5.32 Å². The zero-order chi connectivity index (χ0) is 14.1. The summed E-state index contributed by atoms with van der Waals surface area (Å²) >= 11 is 0. The fraction of sp³-hybridized carbons (Fsp3) is 0.600. The second-order valence-corrected chi connectivity index (χ2v) is 4.75. The molecule has 1 rings (SSSR count). The zero-order valence-corrected chi connectivity index (χ0v) is 11.7. The molecule has 1 N–H and O–H groups in total. The van der Waals surface area contributed by atoms with Crippen LogP contribution in [0, 0.1) is 0 Å². The standard InChI is InChI=1S/C15H23F2NO/c1-3-8-18-9-12(2)14-6-4-13(5-7-14)10-19-11-15(16)17/h4-7,12,15,18H,3,8-11H2,1-2H3. The molecular formula is C15H23F2NO. The van der Waals surface area contributed by atoms with Crippen LogP contribution >= 0.6 is 0 Å². The molecular weight excluding hydrogens is 248 g/mol. The molecule has 0 amide bonds. The molecule has 0 heterocycles. The molecule has 4 heteroatoms. The molecule has 0 fully saturated rings. The van der Waals surface area contributed by atoms with E-state index in [4.69, 9.17) is 4.74 Å². The van der Waals surface area contributed by atoms with Crippen molar-refractivity contribution in [2.75, 3.05) is 19.7 Å². The van der Waals surface area contributed by atoms with E-state index in [0.29, 0.717) is 5.92 Å². The van der Waals surface area contributed by atoms with Crippen LogP contribution in [0.25, 0.3) is 0 Å². The van der Waals surface area contributed by atoms with Crippen LogP contribution in [0.5, 0.6) is 0 Å². The lowest BCUT2D eigenvalue weighted by molar-refractivity contribution is 0.00987. The molecule has 1 atom stereocenters. The number of nitrogens with one attached hydrogen (secondary N) is 1. The third-order valence-electron chi connectivity index (χ3n) is 2.94. The summed E-state index contributed by atoms with van der Waals surface area (Å²) in [4.78, 5) is 0. The summed E-state index contributed by atoms with van der Waals surface area (Å²) in [5.41, 5.74) is 2.18. The van der Waals surface area contributed by atoms with Gasteiger partial charge in [0, 0.05) is 6.54 Å². The lowest BCUT2D eigenvalue weighted by Crippen LogP contribution is -2.20. The topological polar surface area (TPSA) is 21.3 Å². The molecule has 0 bridgehead atoms. The predicted octanol–water partition coefficient (Wildman–Crippen LogP) is 3.57. The van der Waals surface area contributed by atoms with Gasteiger partial charge in [-0.1, -0.05) is 38.1 Å². The molecule has 0 aliphatic heterocycles. The largest absolute Gasteiger partial charge is 0.371 e. The van der Waals surface area contributed by atoms with Gasteiger partial charge in [-0.2, -0.15) is 0 Å². The van der Waals surface area contributed by atoms with E-state index in [1.807, 2.05) is 24.3 Å². The molecule has 0 aliphatic rings. The third kappa shape index (κ3) is 6.64. The Kier molecular flexibility index (Phi) is 7.60. The van der Waals surface area contributed by atoms with Crippen LogP contribution in [0.15, 0.2) is 24.3 Å². The smallest absolute Gasteiger partial charge is 0.261 e. The van der Waals surface area contributed by atoms with Gasteiger partial charge >= 0.3 is 0 Å². The van der Waals surface area contributed by atoms with Gasteiger partial charge < -0.3 is 10.1 Å². The molecule has 19 heavy (non-hydrogen) atoms. The zero-order valence-electron chi connectivity index (χ0n) is 11.7. The fourth-order valence-electron chi connectivity index (χ4n) is 1.82. The minimum absolute atomic E-state index is 0.243. The molecule has 2 nitrogen and oxygen atoms in total. The Morgan fingerprint density at radius 3 is 2.47 bits per heavy atom. The van der Waals surface area contributed by atoms with E-state index in [0.717, 1.165) is 25.1 Å². The maximum Gasteiger partial charge on any atom is 0.261 e. The molecule has 108 valence electrons. The van der Waals surface area contributed by atoms with Crippen molar-refractivity contribution in [3.05, 3.63) is 35.4 Å². The van der Waals surface area contributed by atoms with Crippen molar-refractivity contribution in [2.24, 2.45) is 0 Å². The minimum Gasteiger partial charge on any atom is -0.371 e. The SMILES string of the molecule is CCCNCC(C)c1ccc(COCC(F)F)cc1. The Bertz CT molecular complexity index is 341. The van der Waals surface area contributed by atoms with Crippen LogP contribution in [0.4, 0.5) is 8.78 Å². The van der Waals surface area contributed by atoms with E-state index in [1.54, 1.807) is 0 Å². The molecule has 0 radical (unpaired) electrons. The second kappa shape index (κ2) is 8.99. The third-order valence-corrected chi connectivity index (χ3v) is 2.94. The Morgan fingerprint density at radius 2 is 1.89 bits per heavy atom. The van der Waals surface area contributed by atoms with Crippen molar-refractivity contribution >= 4 is 0 Å². The van der Waals surface area contributed by atoms with Crippen molar-refractivity contribution in [3.8, 4) is 0 Å². The molecule has 0 saturated heterocycles. The van der Waals surface area contributed by atoms with E-state index in [-0.39, 0.29) is 6.61 Å². The van der Waals surface area contributed by atoms with Gasteiger partial charge in [0.25, 0.3) is 6.43 Å². The van der Waals surface area contributed by atoms with Gasteiger partial charge in [0.2, 0.25) is 0 Å². The van der Waals surface area contributed by atoms with E-state index in [9.17, 15) is 8.78 Å². The molecule has 1 aromatic carbocycles. The average Bonchev–Trinajstić information content (AvgIpc) is 2.39. The van der Waals surface area contributed by atoms with Crippen LogP contribution in [0.2, 0.25) is 0 Å². The number of benzene rings is 1. The molecule has 0 aliphatic carbocycles. The highest BCUT2D eigenvalue weighted by atomic mass is 19.3. The summed E-state index contributed by atoms with van der Waals surface area (Å²) in [5.74, 6) is 0.447. The van der Waals surface area contributed by atoms with Crippen molar-refractivity contribution < 1.29 is 13.5 Å². The highest BCUT2D eigenvalue weighted by molar-refractivity contribution is 5.24. The summed E-state index contributed by atoms with van der Waals surface area (Å²) in [6.07, 6.45) is -1.27. The van der Waals surface area contributed by atoms with E-state index in [2.05, 4.69) is 19.2 Å². The summed E-state index contributed by atoms with van der Waals surface area (Å²) in [6.45, 7) is 6.04. The van der Waals surface area contributed by atoms with Crippen molar-refractivity contribution in [1.29, 1.82) is 0 Å². The van der Waals surface area contributed by atoms with Gasteiger partial charge in [0.1, 0.15) is 6.61 Å². The van der Waals surface area contributed by atoms with Crippen LogP contribution in [-0.2, 0) is 11.3 Å². The van der Waals surface area contributed by atoms with Gasteiger partial charge in [-0.25, -0.2) is 8.78 Å². The Labute approximate surface area is 114 Å². The monoisotopic (exact) mass is 271 g/mol. The highest BCUT2D eigenvalue weighted by Gasteiger charge is 2.06. The first kappa shape index (κ1) is 16.1. The van der Waals surface area contributed by atoms with E-state index in [1.165, 1.54) is 5.56 Å². The lowest BCUT2D eigenvalue weighted by atomic mass is 10.00. The first-order valence-electron chi connectivity index (χ1n) is 6.79. The molecule has 1 aromatic rings. The first-order valence-corrected chi connectivity index (χ1v) is 6.79. The maximum atomic E-state index is 11.9. The number of alkyl halides is 2. The van der Waals surface area contributed by atoms with Crippen molar-refractivity contribution in [3.63, 3.8) is 0 Å². The minimum atomic E-state index is -2.40. The maximum absolute atomic E-state index is 11.9. The first-order chi connectivity index (χ1) is 9.13. The van der Waals surface area contributed by atoms with Crippen LogP contribution in [0.3, 0.4) is 0 Å². The number of hydrogen-bond donors (Lipinski definition) is 1. The Balaban J connectivity index is 2.37. The Hall–Kier alpha value is -1.00. The van der Waals surface area contributed by atoms with Crippen molar-refractivity contribution in [1.82, 2.24) is 5.32 Å². The normalized spacial score (nSPS) is 12.9. The number of hydrogen-bond acceptors (Lipinski definition) is 2. The van der Waals surface area contributed by atoms with Gasteiger partial charge in [0.15, 0.2) is 0 Å². The summed E-state index contributed by atoms with van der Waals surface area (Å²) in [5, 5.41) is 3.39. The summed E-state index contributed by atoms with van der Waals surface area (Å²) in [7, 11) is 0. The summed E-state index contributed by atoms with van der Waals surface area (Å²) < 4.78 is 28.7. The number of ether oxygens (including phenoxy) is 1. The van der Waals surface area contributed by atoms with Gasteiger partial charge in [-0.3, -0.25) is 0 Å². The van der Waals surface area contributed by atoms with E-state index < -0.39 is 13.0 Å².